The van der Waals surface area contributed by atoms with Crippen LogP contribution in [-0.4, -0.2) is 31.2 Å². The molecule has 8 heteroatoms. The number of pyridine rings is 1. The molecule has 0 aliphatic heterocycles. The van der Waals surface area contributed by atoms with Gasteiger partial charge in [0.25, 0.3) is 11.6 Å². The van der Waals surface area contributed by atoms with Crippen molar-refractivity contribution in [3.05, 3.63) is 52.6 Å². The van der Waals surface area contributed by atoms with Gasteiger partial charge in [0.1, 0.15) is 5.82 Å². The molecule has 0 atom stereocenters. The molecule has 3 heterocycles. The highest BCUT2D eigenvalue weighted by Gasteiger charge is 2.27. The maximum Gasteiger partial charge on any atom is 0.259 e. The number of aromatic nitrogens is 5. The van der Waals surface area contributed by atoms with Gasteiger partial charge in [0.05, 0.1) is 16.6 Å². The number of aromatic amines is 1. The minimum Gasteiger partial charge on any atom is -0.336 e. The second kappa shape index (κ2) is 6.26. The lowest BCUT2D eigenvalue weighted by Crippen LogP contribution is -2.15. The molecular weight excluding hydrogens is 356 g/mol. The Morgan fingerprint density at radius 3 is 2.71 bits per heavy atom. The first-order chi connectivity index (χ1) is 13.6. The van der Waals surface area contributed by atoms with Gasteiger partial charge in [-0.25, -0.2) is 9.97 Å². The van der Waals surface area contributed by atoms with Gasteiger partial charge in [-0.05, 0) is 62.9 Å². The minimum atomic E-state index is -0.168. The van der Waals surface area contributed by atoms with Crippen LogP contribution in [0.3, 0.4) is 0 Å². The quantitative estimate of drug-likeness (QED) is 0.569. The number of aryl methyl sites for hydroxylation is 3. The predicted octanol–water partition coefficient (Wildman–Crippen LogP) is 3.37. The molecule has 4 aromatic rings. The summed E-state index contributed by atoms with van der Waals surface area (Å²) in [5, 5.41) is 14.7. The molecule has 28 heavy (non-hydrogen) atoms. The van der Waals surface area contributed by atoms with Crippen molar-refractivity contribution in [1.29, 1.82) is 0 Å². The van der Waals surface area contributed by atoms with Crippen LogP contribution in [0, 0.1) is 13.8 Å². The molecule has 140 valence electrons. The normalized spacial score (nSPS) is 13.1. The van der Waals surface area contributed by atoms with Gasteiger partial charge < -0.3 is 9.84 Å². The lowest BCUT2D eigenvalue weighted by atomic mass is 10.0. The Morgan fingerprint density at radius 1 is 1.14 bits per heavy atom. The summed E-state index contributed by atoms with van der Waals surface area (Å²) in [6, 6.07) is 7.46. The summed E-state index contributed by atoms with van der Waals surface area (Å²) < 4.78 is 5.32. The van der Waals surface area contributed by atoms with E-state index in [0.717, 1.165) is 41.9 Å². The molecule has 1 aromatic carbocycles. The number of nitrogens with zero attached hydrogens (tertiary/aromatic N) is 4. The van der Waals surface area contributed by atoms with Gasteiger partial charge in [-0.3, -0.25) is 9.89 Å². The van der Waals surface area contributed by atoms with E-state index in [-0.39, 0.29) is 5.91 Å². The molecule has 0 radical (unpaired) electrons. The largest absolute Gasteiger partial charge is 0.336 e. The van der Waals surface area contributed by atoms with Crippen molar-refractivity contribution in [1.82, 2.24) is 25.3 Å². The zero-order chi connectivity index (χ0) is 19.3. The molecule has 0 fully saturated rings. The van der Waals surface area contributed by atoms with Crippen molar-refractivity contribution in [2.45, 2.75) is 33.1 Å². The highest BCUT2D eigenvalue weighted by molar-refractivity contribution is 6.13. The predicted molar refractivity (Wildman–Crippen MR) is 103 cm³/mol. The van der Waals surface area contributed by atoms with Crippen molar-refractivity contribution in [2.24, 2.45) is 0 Å². The van der Waals surface area contributed by atoms with Crippen LogP contribution < -0.4 is 5.32 Å². The van der Waals surface area contributed by atoms with Crippen LogP contribution in [0.25, 0.3) is 22.5 Å². The first-order valence-electron chi connectivity index (χ1n) is 9.18. The Labute approximate surface area is 160 Å². The molecule has 8 nitrogen and oxygen atoms in total. The first kappa shape index (κ1) is 16.6. The molecule has 1 aliphatic rings. The molecule has 0 bridgehead atoms. The average molecular weight is 374 g/mol. The van der Waals surface area contributed by atoms with E-state index < -0.39 is 0 Å². The smallest absolute Gasteiger partial charge is 0.259 e. The standard InChI is InChI=1S/C20H18N6O2/c1-10-16-17(14-4-3-5-15(14)23-20(16)28-26-10)19(27)22-13-8-6-12(7-9-13)18-21-11(2)24-25-18/h6-9H,3-5H2,1-2H3,(H,22,27)(H,21,24,25). The van der Waals surface area contributed by atoms with E-state index in [1.165, 1.54) is 0 Å². The molecule has 0 saturated heterocycles. The number of carbonyl (C=O) groups is 1. The van der Waals surface area contributed by atoms with Gasteiger partial charge in [0.2, 0.25) is 0 Å². The number of H-pyrrole nitrogens is 1. The Bertz CT molecular complexity index is 1210. The number of benzene rings is 1. The third-order valence-corrected chi connectivity index (χ3v) is 5.05. The first-order valence-corrected chi connectivity index (χ1v) is 9.18. The number of amides is 1. The summed E-state index contributed by atoms with van der Waals surface area (Å²) >= 11 is 0. The summed E-state index contributed by atoms with van der Waals surface area (Å²) in [6.45, 7) is 3.69. The number of hydrogen-bond donors (Lipinski definition) is 2. The number of anilines is 1. The molecule has 3 aromatic heterocycles. The zero-order valence-corrected chi connectivity index (χ0v) is 15.5. The fraction of sp³-hybridized carbons (Fsp3) is 0.250. The third-order valence-electron chi connectivity index (χ3n) is 5.05. The lowest BCUT2D eigenvalue weighted by Gasteiger charge is -2.11. The Kier molecular flexibility index (Phi) is 3.71. The fourth-order valence-electron chi connectivity index (χ4n) is 3.73. The van der Waals surface area contributed by atoms with Crippen molar-refractivity contribution >= 4 is 22.7 Å². The summed E-state index contributed by atoms with van der Waals surface area (Å²) in [7, 11) is 0. The van der Waals surface area contributed by atoms with Crippen LogP contribution in [-0.2, 0) is 12.8 Å². The van der Waals surface area contributed by atoms with Crippen LogP contribution in [0.4, 0.5) is 5.69 Å². The van der Waals surface area contributed by atoms with Crippen molar-refractivity contribution in [3.63, 3.8) is 0 Å². The average Bonchev–Trinajstić information content (AvgIpc) is 3.41. The topological polar surface area (TPSA) is 110 Å². The van der Waals surface area contributed by atoms with Crippen molar-refractivity contribution in [2.75, 3.05) is 5.32 Å². The maximum absolute atomic E-state index is 13.2. The van der Waals surface area contributed by atoms with Crippen molar-refractivity contribution in [3.8, 4) is 11.4 Å². The van der Waals surface area contributed by atoms with Crippen LogP contribution in [0.15, 0.2) is 28.8 Å². The second-order valence-electron chi connectivity index (χ2n) is 6.99. The molecule has 5 rings (SSSR count). The Balaban J connectivity index is 1.49. The van der Waals surface area contributed by atoms with Crippen LogP contribution in [0.1, 0.15) is 39.6 Å². The highest BCUT2D eigenvalue weighted by atomic mass is 16.5. The molecular formula is C20H18N6O2. The summed E-state index contributed by atoms with van der Waals surface area (Å²) in [6.07, 6.45) is 2.69. The molecule has 1 amide bonds. The van der Waals surface area contributed by atoms with E-state index in [0.29, 0.717) is 33.9 Å². The summed E-state index contributed by atoms with van der Waals surface area (Å²) in [5.74, 6) is 1.22. The van der Waals surface area contributed by atoms with E-state index in [1.807, 2.05) is 38.1 Å². The molecule has 1 aliphatic carbocycles. The summed E-state index contributed by atoms with van der Waals surface area (Å²) in [4.78, 5) is 22.0. The number of hydrogen-bond acceptors (Lipinski definition) is 6. The number of carbonyl (C=O) groups excluding carboxylic acids is 1. The molecule has 0 saturated carbocycles. The fourth-order valence-corrected chi connectivity index (χ4v) is 3.73. The van der Waals surface area contributed by atoms with E-state index >= 15 is 0 Å². The maximum atomic E-state index is 13.2. The third kappa shape index (κ3) is 2.65. The van der Waals surface area contributed by atoms with Gasteiger partial charge in [-0.2, -0.15) is 5.10 Å². The summed E-state index contributed by atoms with van der Waals surface area (Å²) in [5.41, 5.74) is 5.26. The van der Waals surface area contributed by atoms with Crippen LogP contribution in [0.5, 0.6) is 0 Å². The van der Waals surface area contributed by atoms with Crippen LogP contribution in [0.2, 0.25) is 0 Å². The lowest BCUT2D eigenvalue weighted by molar-refractivity contribution is 0.102. The van der Waals surface area contributed by atoms with Crippen molar-refractivity contribution < 1.29 is 9.32 Å². The van der Waals surface area contributed by atoms with Gasteiger partial charge in [-0.15, -0.1) is 0 Å². The highest BCUT2D eigenvalue weighted by Crippen LogP contribution is 2.32. The van der Waals surface area contributed by atoms with E-state index in [4.69, 9.17) is 4.52 Å². The number of rotatable bonds is 3. The van der Waals surface area contributed by atoms with E-state index in [2.05, 4.69) is 30.6 Å². The van der Waals surface area contributed by atoms with Crippen LogP contribution >= 0.6 is 0 Å². The Morgan fingerprint density at radius 2 is 1.96 bits per heavy atom. The van der Waals surface area contributed by atoms with E-state index in [9.17, 15) is 4.79 Å². The SMILES string of the molecule is Cc1nc(-c2ccc(NC(=O)c3c4c(nc5onc(C)c35)CCC4)cc2)n[nH]1. The second-order valence-corrected chi connectivity index (χ2v) is 6.99. The Hall–Kier alpha value is -3.55. The number of fused-ring (bicyclic) bond motifs is 2. The van der Waals surface area contributed by atoms with E-state index in [1.54, 1.807) is 0 Å². The zero-order valence-electron chi connectivity index (χ0n) is 15.5. The minimum absolute atomic E-state index is 0.168. The molecule has 0 spiro atoms. The van der Waals surface area contributed by atoms with Gasteiger partial charge >= 0.3 is 0 Å². The molecule has 0 unspecified atom stereocenters. The van der Waals surface area contributed by atoms with Gasteiger partial charge in [-0.1, -0.05) is 5.16 Å². The molecule has 2 N–H and O–H groups in total. The van der Waals surface area contributed by atoms with Gasteiger partial charge in [0, 0.05) is 16.9 Å². The number of nitrogens with one attached hydrogen (secondary N) is 2. The monoisotopic (exact) mass is 374 g/mol. The van der Waals surface area contributed by atoms with Gasteiger partial charge in [0.15, 0.2) is 5.82 Å².